The second-order valence-electron chi connectivity index (χ2n) is 9.47. The first-order valence-electron chi connectivity index (χ1n) is 11.8. The van der Waals surface area contributed by atoms with Gasteiger partial charge in [0, 0.05) is 34.6 Å². The molecule has 0 radical (unpaired) electrons. The molecule has 0 bridgehead atoms. The Morgan fingerprint density at radius 2 is 1.71 bits per heavy atom. The molecule has 192 valence electrons. The Balaban J connectivity index is 1.63. The van der Waals surface area contributed by atoms with Gasteiger partial charge in [-0.05, 0) is 73.6 Å². The Bertz CT molecular complexity index is 1160. The minimum Gasteiger partial charge on any atom is -0.496 e. The molecule has 6 nitrogen and oxygen atoms in total. The van der Waals surface area contributed by atoms with Gasteiger partial charge in [0.2, 0.25) is 15.9 Å². The maximum atomic E-state index is 13.0. The minimum absolute atomic E-state index is 0.0509. The van der Waals surface area contributed by atoms with Crippen molar-refractivity contribution in [2.45, 2.75) is 58.2 Å². The van der Waals surface area contributed by atoms with Crippen molar-refractivity contribution in [3.8, 4) is 5.75 Å². The van der Waals surface area contributed by atoms with Crippen LogP contribution in [0.25, 0.3) is 0 Å². The Hall–Kier alpha value is -1.80. The van der Waals surface area contributed by atoms with E-state index < -0.39 is 10.0 Å². The van der Waals surface area contributed by atoms with Crippen molar-refractivity contribution < 1.29 is 17.9 Å². The van der Waals surface area contributed by atoms with E-state index in [-0.39, 0.29) is 36.7 Å². The highest BCUT2D eigenvalue weighted by Gasteiger charge is 2.32. The summed E-state index contributed by atoms with van der Waals surface area (Å²) in [6.45, 7) is 8.79. The van der Waals surface area contributed by atoms with Crippen LogP contribution in [0.2, 0.25) is 10.0 Å². The lowest BCUT2D eigenvalue weighted by atomic mass is 9.92. The van der Waals surface area contributed by atoms with Crippen LogP contribution in [-0.2, 0) is 20.6 Å². The summed E-state index contributed by atoms with van der Waals surface area (Å²) in [4.78, 5) is 13.0. The number of nitrogens with one attached hydrogen (secondary N) is 1. The molecule has 3 rings (SSSR count). The second kappa shape index (κ2) is 11.5. The van der Waals surface area contributed by atoms with Crippen molar-refractivity contribution in [3.05, 3.63) is 62.6 Å². The van der Waals surface area contributed by atoms with E-state index in [0.717, 1.165) is 22.4 Å². The number of amides is 1. The van der Waals surface area contributed by atoms with Gasteiger partial charge in [-0.15, -0.1) is 0 Å². The first kappa shape index (κ1) is 27.8. The maximum Gasteiger partial charge on any atom is 0.223 e. The quantitative estimate of drug-likeness (QED) is 0.455. The topological polar surface area (TPSA) is 75.7 Å². The van der Waals surface area contributed by atoms with E-state index in [4.69, 9.17) is 27.9 Å². The molecule has 1 aliphatic rings. The van der Waals surface area contributed by atoms with E-state index in [1.807, 2.05) is 19.9 Å². The van der Waals surface area contributed by atoms with Crippen molar-refractivity contribution >= 4 is 39.1 Å². The molecule has 1 N–H and O–H groups in total. The standard InChI is InChI=1S/C26H34Cl2N2O4S/c1-16(2)20-14-21(17(3)13-25(20)34-5)18(4)29-26(31)19-9-11-30(12-10-19)35(32,33)15-22-23(27)7-6-8-24(22)28/h6-8,13-14,16,18-19H,9-12,15H2,1-5H3,(H,29,31)/t18-/m0/s1. The molecule has 1 saturated heterocycles. The third kappa shape index (κ3) is 6.50. The van der Waals surface area contributed by atoms with Crippen molar-refractivity contribution in [1.29, 1.82) is 0 Å². The number of aryl methyl sites for hydroxylation is 1. The third-order valence-electron chi connectivity index (χ3n) is 6.67. The van der Waals surface area contributed by atoms with Gasteiger partial charge in [0.25, 0.3) is 0 Å². The fourth-order valence-electron chi connectivity index (χ4n) is 4.56. The lowest BCUT2D eigenvalue weighted by Crippen LogP contribution is -2.43. The highest BCUT2D eigenvalue weighted by molar-refractivity contribution is 7.88. The molecule has 0 aromatic heterocycles. The number of benzene rings is 2. The molecule has 9 heteroatoms. The summed E-state index contributed by atoms with van der Waals surface area (Å²) in [5.74, 6) is 0.598. The molecule has 0 spiro atoms. The molecule has 0 aliphatic carbocycles. The van der Waals surface area contributed by atoms with Gasteiger partial charge in [-0.25, -0.2) is 12.7 Å². The lowest BCUT2D eigenvalue weighted by Gasteiger charge is -2.31. The summed E-state index contributed by atoms with van der Waals surface area (Å²) < 4.78 is 32.9. The van der Waals surface area contributed by atoms with Crippen LogP contribution in [0, 0.1) is 12.8 Å². The van der Waals surface area contributed by atoms with Crippen LogP contribution < -0.4 is 10.1 Å². The first-order valence-corrected chi connectivity index (χ1v) is 14.2. The van der Waals surface area contributed by atoms with E-state index in [9.17, 15) is 13.2 Å². The zero-order valence-corrected chi connectivity index (χ0v) is 23.2. The maximum absolute atomic E-state index is 13.0. The largest absolute Gasteiger partial charge is 0.496 e. The fourth-order valence-corrected chi connectivity index (χ4v) is 6.87. The summed E-state index contributed by atoms with van der Waals surface area (Å²) >= 11 is 12.3. The van der Waals surface area contributed by atoms with Gasteiger partial charge in [0.1, 0.15) is 5.75 Å². The molecule has 1 fully saturated rings. The molecule has 1 heterocycles. The number of nitrogens with zero attached hydrogens (tertiary/aromatic N) is 1. The molecular formula is C26H34Cl2N2O4S. The Labute approximate surface area is 219 Å². The molecule has 1 atom stereocenters. The average molecular weight is 542 g/mol. The molecule has 35 heavy (non-hydrogen) atoms. The van der Waals surface area contributed by atoms with Gasteiger partial charge >= 0.3 is 0 Å². The summed E-state index contributed by atoms with van der Waals surface area (Å²) in [5, 5.41) is 3.80. The average Bonchev–Trinajstić information content (AvgIpc) is 2.81. The first-order chi connectivity index (χ1) is 16.4. The number of methoxy groups -OCH3 is 1. The number of sulfonamides is 1. The molecule has 2 aromatic carbocycles. The molecule has 2 aromatic rings. The minimum atomic E-state index is -3.60. The number of carbonyl (C=O) groups excluding carboxylic acids is 1. The number of carbonyl (C=O) groups is 1. The SMILES string of the molecule is COc1cc(C)c([C@H](C)NC(=O)C2CCN(S(=O)(=O)Cc3c(Cl)cccc3Cl)CC2)cc1C(C)C. The van der Waals surface area contributed by atoms with Gasteiger partial charge in [0.15, 0.2) is 0 Å². The van der Waals surface area contributed by atoms with Gasteiger partial charge in [-0.2, -0.15) is 0 Å². The highest BCUT2D eigenvalue weighted by atomic mass is 35.5. The van der Waals surface area contributed by atoms with Crippen LogP contribution in [-0.4, -0.2) is 38.8 Å². The van der Waals surface area contributed by atoms with Crippen LogP contribution in [0.15, 0.2) is 30.3 Å². The van der Waals surface area contributed by atoms with Crippen LogP contribution in [0.3, 0.4) is 0 Å². The van der Waals surface area contributed by atoms with Gasteiger partial charge in [-0.3, -0.25) is 4.79 Å². The van der Waals surface area contributed by atoms with E-state index >= 15 is 0 Å². The predicted octanol–water partition coefficient (Wildman–Crippen LogP) is 5.85. The monoisotopic (exact) mass is 540 g/mol. The number of ether oxygens (including phenoxy) is 1. The summed E-state index contributed by atoms with van der Waals surface area (Å²) in [6, 6.07) is 8.90. The molecule has 0 unspecified atom stereocenters. The van der Waals surface area contributed by atoms with E-state index in [1.54, 1.807) is 25.3 Å². The molecule has 1 aliphatic heterocycles. The number of rotatable bonds is 8. The van der Waals surface area contributed by atoms with Crippen molar-refractivity contribution in [1.82, 2.24) is 9.62 Å². The van der Waals surface area contributed by atoms with Crippen molar-refractivity contribution in [2.24, 2.45) is 5.92 Å². The van der Waals surface area contributed by atoms with Crippen LogP contribution in [0.1, 0.15) is 67.8 Å². The number of hydrogen-bond donors (Lipinski definition) is 1. The summed E-state index contributed by atoms with van der Waals surface area (Å²) in [5.41, 5.74) is 3.61. The molecular weight excluding hydrogens is 507 g/mol. The third-order valence-corrected chi connectivity index (χ3v) is 9.19. The van der Waals surface area contributed by atoms with E-state index in [1.165, 1.54) is 4.31 Å². The number of hydrogen-bond acceptors (Lipinski definition) is 4. The van der Waals surface area contributed by atoms with Crippen molar-refractivity contribution in [2.75, 3.05) is 20.2 Å². The number of halogens is 2. The molecule has 1 amide bonds. The fraction of sp³-hybridized carbons (Fsp3) is 0.500. The van der Waals surface area contributed by atoms with Crippen LogP contribution in [0.5, 0.6) is 5.75 Å². The van der Waals surface area contributed by atoms with Gasteiger partial charge < -0.3 is 10.1 Å². The summed E-state index contributed by atoms with van der Waals surface area (Å²) in [6.07, 6.45) is 0.930. The Kier molecular flexibility index (Phi) is 9.13. The van der Waals surface area contributed by atoms with Gasteiger partial charge in [0.05, 0.1) is 18.9 Å². The van der Waals surface area contributed by atoms with Crippen LogP contribution >= 0.6 is 23.2 Å². The normalized spacial score (nSPS) is 16.3. The zero-order valence-electron chi connectivity index (χ0n) is 20.9. The second-order valence-corrected chi connectivity index (χ2v) is 12.2. The highest BCUT2D eigenvalue weighted by Crippen LogP contribution is 2.33. The predicted molar refractivity (Wildman–Crippen MR) is 142 cm³/mol. The lowest BCUT2D eigenvalue weighted by molar-refractivity contribution is -0.126. The smallest absolute Gasteiger partial charge is 0.223 e. The van der Waals surface area contributed by atoms with E-state index in [0.29, 0.717) is 34.4 Å². The van der Waals surface area contributed by atoms with Crippen LogP contribution in [0.4, 0.5) is 0 Å². The summed E-state index contributed by atoms with van der Waals surface area (Å²) in [7, 11) is -1.93. The zero-order chi connectivity index (χ0) is 25.9. The molecule has 0 saturated carbocycles. The Morgan fingerprint density at radius 3 is 2.26 bits per heavy atom. The van der Waals surface area contributed by atoms with Gasteiger partial charge in [-0.1, -0.05) is 43.1 Å². The Morgan fingerprint density at radius 1 is 1.11 bits per heavy atom. The van der Waals surface area contributed by atoms with Crippen molar-refractivity contribution in [3.63, 3.8) is 0 Å². The number of piperidine rings is 1. The van der Waals surface area contributed by atoms with E-state index in [2.05, 4.69) is 25.2 Å².